The van der Waals surface area contributed by atoms with Crippen LogP contribution in [0.5, 0.6) is 0 Å². The van der Waals surface area contributed by atoms with E-state index in [2.05, 4.69) is 13.8 Å². The van der Waals surface area contributed by atoms with Crippen LogP contribution in [0.4, 0.5) is 10.2 Å². The Bertz CT molecular complexity index is 1320. The Labute approximate surface area is 223 Å². The van der Waals surface area contributed by atoms with Crippen molar-refractivity contribution in [3.63, 3.8) is 0 Å². The van der Waals surface area contributed by atoms with Gasteiger partial charge in [-0.25, -0.2) is 4.39 Å². The molecule has 1 heterocycles. The number of pyridine rings is 1. The number of aryl methyl sites for hydroxylation is 1. The lowest BCUT2D eigenvalue weighted by molar-refractivity contribution is -0.160. The lowest BCUT2D eigenvalue weighted by atomic mass is 9.91. The number of rotatable bonds is 10. The number of esters is 1. The van der Waals surface area contributed by atoms with Gasteiger partial charge in [0.25, 0.3) is 5.56 Å². The Hall–Kier alpha value is -3.74. The molecule has 2 aromatic carbocycles. The van der Waals surface area contributed by atoms with E-state index in [-0.39, 0.29) is 34.4 Å². The normalized spacial score (nSPS) is 12.4. The van der Waals surface area contributed by atoms with Gasteiger partial charge in [0.15, 0.2) is 5.78 Å². The summed E-state index contributed by atoms with van der Waals surface area (Å²) in [7, 11) is 0. The number of aromatic nitrogens is 1. The van der Waals surface area contributed by atoms with Crippen molar-refractivity contribution in [2.75, 3.05) is 5.73 Å². The maximum Gasteiger partial charge on any atom is 0.309 e. The maximum atomic E-state index is 13.3. The number of ether oxygens (including phenoxy) is 1. The Morgan fingerprint density at radius 1 is 0.974 bits per heavy atom. The molecule has 0 saturated carbocycles. The van der Waals surface area contributed by atoms with Crippen LogP contribution in [0.1, 0.15) is 75.4 Å². The van der Waals surface area contributed by atoms with Gasteiger partial charge >= 0.3 is 5.97 Å². The molecule has 0 spiro atoms. The summed E-state index contributed by atoms with van der Waals surface area (Å²) < 4.78 is 20.2. The second kappa shape index (κ2) is 12.2. The quantitative estimate of drug-likeness (QED) is 0.257. The van der Waals surface area contributed by atoms with Crippen LogP contribution in [0.2, 0.25) is 0 Å². The third kappa shape index (κ3) is 7.63. The van der Waals surface area contributed by atoms with Crippen molar-refractivity contribution in [1.29, 1.82) is 0 Å². The second-order valence-electron chi connectivity index (χ2n) is 11.1. The number of hydrogen-bond donors (Lipinski definition) is 1. The number of nitrogens with zero attached hydrogens (tertiary/aromatic N) is 1. The molecule has 202 valence electrons. The molecule has 1 aromatic heterocycles. The zero-order chi connectivity index (χ0) is 28.0. The number of benzene rings is 2. The van der Waals surface area contributed by atoms with Gasteiger partial charge in [0.2, 0.25) is 0 Å². The van der Waals surface area contributed by atoms with Gasteiger partial charge in [0.05, 0.1) is 17.2 Å². The zero-order valence-corrected chi connectivity index (χ0v) is 22.8. The molecule has 1 atom stereocenters. The van der Waals surface area contributed by atoms with E-state index in [0.717, 1.165) is 31.2 Å². The SMILES string of the molecule is CC(C)C[C@H](CCCc1ccc(-n2c(N)c(C(=O)c3ccc(F)cc3)ccc2=O)cc1)C(=O)OC(C)(C)C. The van der Waals surface area contributed by atoms with Gasteiger partial charge in [0, 0.05) is 11.6 Å². The highest BCUT2D eigenvalue weighted by molar-refractivity contribution is 6.11. The Morgan fingerprint density at radius 3 is 2.18 bits per heavy atom. The molecule has 0 radical (unpaired) electrons. The van der Waals surface area contributed by atoms with Gasteiger partial charge in [-0.2, -0.15) is 0 Å². The van der Waals surface area contributed by atoms with Gasteiger partial charge < -0.3 is 10.5 Å². The molecule has 7 heteroatoms. The first kappa shape index (κ1) is 28.8. The van der Waals surface area contributed by atoms with E-state index in [1.807, 2.05) is 32.9 Å². The Morgan fingerprint density at radius 2 is 1.61 bits per heavy atom. The lowest BCUT2D eigenvalue weighted by Crippen LogP contribution is -2.29. The van der Waals surface area contributed by atoms with Gasteiger partial charge in [-0.05, 0) is 100 Å². The third-order valence-electron chi connectivity index (χ3n) is 6.19. The van der Waals surface area contributed by atoms with E-state index in [9.17, 15) is 18.8 Å². The highest BCUT2D eigenvalue weighted by Crippen LogP contribution is 2.24. The molecule has 0 unspecified atom stereocenters. The minimum atomic E-state index is -0.511. The minimum absolute atomic E-state index is 0.0217. The van der Waals surface area contributed by atoms with E-state index in [4.69, 9.17) is 10.5 Å². The summed E-state index contributed by atoms with van der Waals surface area (Å²) >= 11 is 0. The van der Waals surface area contributed by atoms with E-state index in [0.29, 0.717) is 11.6 Å². The van der Waals surface area contributed by atoms with Crippen LogP contribution in [-0.2, 0) is 16.0 Å². The predicted molar refractivity (Wildman–Crippen MR) is 148 cm³/mol. The molecule has 0 amide bonds. The summed E-state index contributed by atoms with van der Waals surface area (Å²) in [5, 5.41) is 0. The van der Waals surface area contributed by atoms with Crippen LogP contribution < -0.4 is 11.3 Å². The van der Waals surface area contributed by atoms with Gasteiger partial charge in [0.1, 0.15) is 17.2 Å². The molecule has 38 heavy (non-hydrogen) atoms. The number of carbonyl (C=O) groups excluding carboxylic acids is 2. The molecule has 6 nitrogen and oxygen atoms in total. The fraction of sp³-hybridized carbons (Fsp3) is 0.387. The zero-order valence-electron chi connectivity index (χ0n) is 22.8. The summed E-state index contributed by atoms with van der Waals surface area (Å²) in [4.78, 5) is 38.3. The summed E-state index contributed by atoms with van der Waals surface area (Å²) in [5.41, 5.74) is 7.44. The maximum absolute atomic E-state index is 13.3. The molecule has 0 saturated heterocycles. The number of nitrogen functional groups attached to an aromatic ring is 1. The van der Waals surface area contributed by atoms with Crippen LogP contribution in [0.15, 0.2) is 65.5 Å². The first-order valence-electron chi connectivity index (χ1n) is 13.0. The largest absolute Gasteiger partial charge is 0.460 e. The summed E-state index contributed by atoms with van der Waals surface area (Å²) in [5.74, 6) is -0.719. The Balaban J connectivity index is 1.73. The Kier molecular flexibility index (Phi) is 9.26. The first-order valence-corrected chi connectivity index (χ1v) is 13.0. The van der Waals surface area contributed by atoms with E-state index in [1.54, 1.807) is 12.1 Å². The second-order valence-corrected chi connectivity index (χ2v) is 11.1. The number of nitrogens with two attached hydrogens (primary N) is 1. The van der Waals surface area contributed by atoms with Crippen LogP contribution >= 0.6 is 0 Å². The third-order valence-corrected chi connectivity index (χ3v) is 6.19. The average Bonchev–Trinajstić information content (AvgIpc) is 2.83. The van der Waals surface area contributed by atoms with Crippen molar-refractivity contribution >= 4 is 17.6 Å². The van der Waals surface area contributed by atoms with Crippen molar-refractivity contribution < 1.29 is 18.7 Å². The molecule has 2 N–H and O–H groups in total. The number of hydrogen-bond acceptors (Lipinski definition) is 5. The molecule has 0 aliphatic carbocycles. The molecule has 0 bridgehead atoms. The molecule has 3 aromatic rings. The molecule has 0 fully saturated rings. The van der Waals surface area contributed by atoms with Crippen LogP contribution in [0, 0.1) is 17.7 Å². The van der Waals surface area contributed by atoms with E-state index >= 15 is 0 Å². The molecule has 0 aliphatic rings. The van der Waals surface area contributed by atoms with Crippen LogP contribution in [-0.4, -0.2) is 21.9 Å². The smallest absolute Gasteiger partial charge is 0.309 e. The van der Waals surface area contributed by atoms with Gasteiger partial charge in [-0.1, -0.05) is 26.0 Å². The highest BCUT2D eigenvalue weighted by atomic mass is 19.1. The molecular formula is C31H37FN2O4. The lowest BCUT2D eigenvalue weighted by Gasteiger charge is -2.25. The van der Waals surface area contributed by atoms with E-state index in [1.165, 1.54) is 41.0 Å². The van der Waals surface area contributed by atoms with Gasteiger partial charge in [-0.15, -0.1) is 0 Å². The minimum Gasteiger partial charge on any atom is -0.460 e. The standard InChI is InChI=1S/C31H37FN2O4/c1-20(2)19-23(30(37)38-31(3,4)5)8-6-7-21-9-15-25(16-10-21)34-27(35)18-17-26(29(34)33)28(36)22-11-13-24(32)14-12-22/h9-18,20,23H,6-8,19,33H2,1-5H3/t23-/m0/s1. The molecular weight excluding hydrogens is 483 g/mol. The average molecular weight is 521 g/mol. The molecule has 0 aliphatic heterocycles. The fourth-order valence-corrected chi connectivity index (χ4v) is 4.42. The number of anilines is 1. The topological polar surface area (TPSA) is 91.4 Å². The fourth-order valence-electron chi connectivity index (χ4n) is 4.42. The number of ketones is 1. The summed E-state index contributed by atoms with van der Waals surface area (Å²) in [6.07, 6.45) is 3.10. The number of halogens is 1. The van der Waals surface area contributed by atoms with Crippen molar-refractivity contribution in [3.8, 4) is 5.69 Å². The highest BCUT2D eigenvalue weighted by Gasteiger charge is 2.25. The first-order chi connectivity index (χ1) is 17.9. The van der Waals surface area contributed by atoms with Crippen molar-refractivity contribution in [2.45, 2.75) is 65.9 Å². The van der Waals surface area contributed by atoms with Crippen molar-refractivity contribution in [2.24, 2.45) is 11.8 Å². The van der Waals surface area contributed by atoms with Crippen molar-refractivity contribution in [1.82, 2.24) is 4.57 Å². The van der Waals surface area contributed by atoms with Gasteiger partial charge in [-0.3, -0.25) is 19.0 Å². The predicted octanol–water partition coefficient (Wildman–Crippen LogP) is 6.12. The number of carbonyl (C=O) groups is 2. The monoisotopic (exact) mass is 520 g/mol. The van der Waals surface area contributed by atoms with Crippen LogP contribution in [0.3, 0.4) is 0 Å². The summed E-state index contributed by atoms with van der Waals surface area (Å²) in [6, 6.07) is 15.3. The molecule has 3 rings (SSSR count). The van der Waals surface area contributed by atoms with E-state index < -0.39 is 17.2 Å². The van der Waals surface area contributed by atoms with Crippen molar-refractivity contribution in [3.05, 3.63) is 93.5 Å². The van der Waals surface area contributed by atoms with Crippen LogP contribution in [0.25, 0.3) is 5.69 Å². The summed E-state index contributed by atoms with van der Waals surface area (Å²) in [6.45, 7) is 9.85.